The SMILES string of the molecule is C[C@H](O)CN(CCNCc1ccccc1)Cc1ccccc1. The Balaban J connectivity index is 1.77. The molecular formula is C19H26N2O. The van der Waals surface area contributed by atoms with Crippen LogP contribution in [-0.2, 0) is 13.1 Å². The van der Waals surface area contributed by atoms with E-state index in [1.165, 1.54) is 11.1 Å². The highest BCUT2D eigenvalue weighted by Crippen LogP contribution is 2.05. The molecule has 2 rings (SSSR count). The second-order valence-corrected chi connectivity index (χ2v) is 5.73. The average Bonchev–Trinajstić information content (AvgIpc) is 2.53. The Morgan fingerprint density at radius 3 is 2.14 bits per heavy atom. The fourth-order valence-electron chi connectivity index (χ4n) is 2.52. The molecular weight excluding hydrogens is 272 g/mol. The van der Waals surface area contributed by atoms with Crippen LogP contribution in [0.5, 0.6) is 0 Å². The maximum atomic E-state index is 9.67. The second kappa shape index (κ2) is 9.36. The van der Waals surface area contributed by atoms with E-state index in [2.05, 4.69) is 58.7 Å². The van der Waals surface area contributed by atoms with E-state index in [4.69, 9.17) is 0 Å². The van der Waals surface area contributed by atoms with Gasteiger partial charge in [0, 0.05) is 32.7 Å². The average molecular weight is 298 g/mol. The number of rotatable bonds is 9. The molecule has 0 spiro atoms. The maximum absolute atomic E-state index is 9.67. The molecule has 0 aromatic heterocycles. The summed E-state index contributed by atoms with van der Waals surface area (Å²) in [6.45, 7) is 6.13. The van der Waals surface area contributed by atoms with Crippen molar-refractivity contribution in [1.29, 1.82) is 0 Å². The van der Waals surface area contributed by atoms with E-state index in [-0.39, 0.29) is 6.10 Å². The molecule has 0 saturated heterocycles. The van der Waals surface area contributed by atoms with Crippen molar-refractivity contribution in [3.05, 3.63) is 71.8 Å². The quantitative estimate of drug-likeness (QED) is 0.699. The highest BCUT2D eigenvalue weighted by molar-refractivity contribution is 5.15. The molecule has 1 atom stereocenters. The molecule has 0 aliphatic rings. The van der Waals surface area contributed by atoms with Crippen molar-refractivity contribution in [3.63, 3.8) is 0 Å². The second-order valence-electron chi connectivity index (χ2n) is 5.73. The third-order valence-electron chi connectivity index (χ3n) is 3.55. The van der Waals surface area contributed by atoms with Gasteiger partial charge in [-0.3, -0.25) is 4.90 Å². The molecule has 0 unspecified atom stereocenters. The minimum absolute atomic E-state index is 0.308. The van der Waals surface area contributed by atoms with Crippen LogP contribution in [0.15, 0.2) is 60.7 Å². The largest absolute Gasteiger partial charge is 0.392 e. The van der Waals surface area contributed by atoms with Gasteiger partial charge in [-0.25, -0.2) is 0 Å². The molecule has 2 aromatic carbocycles. The Hall–Kier alpha value is -1.68. The summed E-state index contributed by atoms with van der Waals surface area (Å²) in [7, 11) is 0. The molecule has 0 radical (unpaired) electrons. The van der Waals surface area contributed by atoms with Gasteiger partial charge < -0.3 is 10.4 Å². The number of benzene rings is 2. The van der Waals surface area contributed by atoms with Gasteiger partial charge in [0.05, 0.1) is 6.10 Å². The smallest absolute Gasteiger partial charge is 0.0639 e. The van der Waals surface area contributed by atoms with Crippen molar-refractivity contribution in [2.24, 2.45) is 0 Å². The van der Waals surface area contributed by atoms with Crippen molar-refractivity contribution in [3.8, 4) is 0 Å². The fraction of sp³-hybridized carbons (Fsp3) is 0.368. The van der Waals surface area contributed by atoms with Gasteiger partial charge in [-0.15, -0.1) is 0 Å². The van der Waals surface area contributed by atoms with Crippen LogP contribution in [0.25, 0.3) is 0 Å². The molecule has 0 amide bonds. The van der Waals surface area contributed by atoms with Gasteiger partial charge in [-0.2, -0.15) is 0 Å². The van der Waals surface area contributed by atoms with Crippen molar-refractivity contribution in [1.82, 2.24) is 10.2 Å². The molecule has 0 aliphatic carbocycles. The van der Waals surface area contributed by atoms with Gasteiger partial charge in [-0.05, 0) is 18.1 Å². The summed E-state index contributed by atoms with van der Waals surface area (Å²) in [5.41, 5.74) is 2.58. The normalized spacial score (nSPS) is 12.5. The van der Waals surface area contributed by atoms with Crippen molar-refractivity contribution >= 4 is 0 Å². The fourth-order valence-corrected chi connectivity index (χ4v) is 2.52. The van der Waals surface area contributed by atoms with Crippen LogP contribution >= 0.6 is 0 Å². The van der Waals surface area contributed by atoms with Crippen molar-refractivity contribution in [2.45, 2.75) is 26.1 Å². The van der Waals surface area contributed by atoms with Crippen LogP contribution in [0.2, 0.25) is 0 Å². The van der Waals surface area contributed by atoms with Crippen LogP contribution in [0, 0.1) is 0 Å². The summed E-state index contributed by atoms with van der Waals surface area (Å²) in [5, 5.41) is 13.1. The number of hydrogen-bond donors (Lipinski definition) is 2. The highest BCUT2D eigenvalue weighted by Gasteiger charge is 2.08. The van der Waals surface area contributed by atoms with Crippen LogP contribution in [0.1, 0.15) is 18.1 Å². The standard InChI is InChI=1S/C19H26N2O/c1-17(22)15-21(16-19-10-6-3-7-11-19)13-12-20-14-18-8-4-2-5-9-18/h2-11,17,20,22H,12-16H2,1H3/t17-/m0/s1. The summed E-state index contributed by atoms with van der Waals surface area (Å²) < 4.78 is 0. The van der Waals surface area contributed by atoms with E-state index in [9.17, 15) is 5.11 Å². The number of nitrogens with zero attached hydrogens (tertiary/aromatic N) is 1. The maximum Gasteiger partial charge on any atom is 0.0639 e. The predicted octanol–water partition coefficient (Wildman–Crippen LogP) is 2.66. The first kappa shape index (κ1) is 16.7. The highest BCUT2D eigenvalue weighted by atomic mass is 16.3. The van der Waals surface area contributed by atoms with E-state index in [0.29, 0.717) is 6.54 Å². The minimum Gasteiger partial charge on any atom is -0.392 e. The van der Waals surface area contributed by atoms with Gasteiger partial charge in [0.2, 0.25) is 0 Å². The molecule has 0 saturated carbocycles. The van der Waals surface area contributed by atoms with Gasteiger partial charge in [-0.1, -0.05) is 60.7 Å². The summed E-state index contributed by atoms with van der Waals surface area (Å²) in [6.07, 6.45) is -0.308. The minimum atomic E-state index is -0.308. The lowest BCUT2D eigenvalue weighted by atomic mass is 10.2. The summed E-state index contributed by atoms with van der Waals surface area (Å²) in [5.74, 6) is 0. The zero-order valence-electron chi connectivity index (χ0n) is 13.3. The molecule has 3 heteroatoms. The Morgan fingerprint density at radius 2 is 1.55 bits per heavy atom. The van der Waals surface area contributed by atoms with Gasteiger partial charge in [0.25, 0.3) is 0 Å². The van der Waals surface area contributed by atoms with E-state index in [1.54, 1.807) is 0 Å². The molecule has 22 heavy (non-hydrogen) atoms. The lowest BCUT2D eigenvalue weighted by molar-refractivity contribution is 0.123. The first-order chi connectivity index (χ1) is 10.7. The van der Waals surface area contributed by atoms with Gasteiger partial charge in [0.15, 0.2) is 0 Å². The summed E-state index contributed by atoms with van der Waals surface area (Å²) >= 11 is 0. The molecule has 2 N–H and O–H groups in total. The van der Waals surface area contributed by atoms with Gasteiger partial charge >= 0.3 is 0 Å². The van der Waals surface area contributed by atoms with Crippen LogP contribution < -0.4 is 5.32 Å². The monoisotopic (exact) mass is 298 g/mol. The summed E-state index contributed by atoms with van der Waals surface area (Å²) in [4.78, 5) is 2.29. The van der Waals surface area contributed by atoms with Gasteiger partial charge in [0.1, 0.15) is 0 Å². The Labute approximate surface area is 133 Å². The molecule has 0 bridgehead atoms. The van der Waals surface area contributed by atoms with Crippen molar-refractivity contribution < 1.29 is 5.11 Å². The number of aliphatic hydroxyl groups is 1. The first-order valence-electron chi connectivity index (χ1n) is 7.93. The molecule has 3 nitrogen and oxygen atoms in total. The molecule has 2 aromatic rings. The van der Waals surface area contributed by atoms with E-state index >= 15 is 0 Å². The zero-order valence-corrected chi connectivity index (χ0v) is 13.3. The topological polar surface area (TPSA) is 35.5 Å². The predicted molar refractivity (Wildman–Crippen MR) is 91.5 cm³/mol. The lowest BCUT2D eigenvalue weighted by Gasteiger charge is -2.24. The molecule has 0 fully saturated rings. The molecule has 0 aliphatic heterocycles. The summed E-state index contributed by atoms with van der Waals surface area (Å²) in [6, 6.07) is 20.8. The third-order valence-corrected chi connectivity index (χ3v) is 3.55. The van der Waals surface area contributed by atoms with E-state index in [1.807, 2.05) is 19.1 Å². The molecule has 118 valence electrons. The lowest BCUT2D eigenvalue weighted by Crippen LogP contribution is -2.36. The number of aliphatic hydroxyl groups excluding tert-OH is 1. The van der Waals surface area contributed by atoms with Crippen LogP contribution in [0.3, 0.4) is 0 Å². The number of hydrogen-bond acceptors (Lipinski definition) is 3. The third kappa shape index (κ3) is 6.39. The van der Waals surface area contributed by atoms with Crippen LogP contribution in [0.4, 0.5) is 0 Å². The van der Waals surface area contributed by atoms with E-state index in [0.717, 1.165) is 26.2 Å². The van der Waals surface area contributed by atoms with Crippen LogP contribution in [-0.4, -0.2) is 35.7 Å². The first-order valence-corrected chi connectivity index (χ1v) is 7.93. The Kier molecular flexibility index (Phi) is 7.10. The van der Waals surface area contributed by atoms with Crippen molar-refractivity contribution in [2.75, 3.05) is 19.6 Å². The Morgan fingerprint density at radius 1 is 0.955 bits per heavy atom. The Bertz CT molecular complexity index is 513. The number of nitrogens with one attached hydrogen (secondary N) is 1. The zero-order chi connectivity index (χ0) is 15.6. The van der Waals surface area contributed by atoms with E-state index < -0.39 is 0 Å². The molecule has 0 heterocycles.